The van der Waals surface area contributed by atoms with Gasteiger partial charge in [-0.2, -0.15) is 0 Å². The first kappa shape index (κ1) is 16.5. The molecule has 1 aromatic heterocycles. The lowest BCUT2D eigenvalue weighted by atomic mass is 10.1. The maximum atomic E-state index is 12.7. The molecular formula is C18H16O7. The summed E-state index contributed by atoms with van der Waals surface area (Å²) in [5, 5.41) is 20.1. The van der Waals surface area contributed by atoms with Crippen LogP contribution in [0.2, 0.25) is 0 Å². The molecule has 2 N–H and O–H groups in total. The Morgan fingerprint density at radius 1 is 0.920 bits per heavy atom. The molecule has 0 aliphatic rings. The quantitative estimate of drug-likeness (QED) is 0.751. The molecular weight excluding hydrogens is 328 g/mol. The van der Waals surface area contributed by atoms with Gasteiger partial charge in [0.2, 0.25) is 16.9 Å². The van der Waals surface area contributed by atoms with Gasteiger partial charge in [0.05, 0.1) is 32.3 Å². The highest BCUT2D eigenvalue weighted by atomic mass is 16.5. The van der Waals surface area contributed by atoms with Gasteiger partial charge < -0.3 is 28.8 Å². The van der Waals surface area contributed by atoms with E-state index in [2.05, 4.69) is 0 Å². The van der Waals surface area contributed by atoms with Crippen molar-refractivity contribution in [2.45, 2.75) is 0 Å². The Morgan fingerprint density at radius 2 is 1.64 bits per heavy atom. The van der Waals surface area contributed by atoms with Crippen molar-refractivity contribution in [2.24, 2.45) is 0 Å². The lowest BCUT2D eigenvalue weighted by Gasteiger charge is -2.13. The number of aromatic hydroxyl groups is 2. The minimum Gasteiger partial charge on any atom is -0.508 e. The van der Waals surface area contributed by atoms with Crippen molar-refractivity contribution in [3.05, 3.63) is 40.6 Å². The van der Waals surface area contributed by atoms with Crippen molar-refractivity contribution >= 4 is 11.0 Å². The zero-order valence-corrected chi connectivity index (χ0v) is 13.8. The van der Waals surface area contributed by atoms with Crippen LogP contribution in [0.1, 0.15) is 0 Å². The van der Waals surface area contributed by atoms with Gasteiger partial charge in [-0.15, -0.1) is 0 Å². The van der Waals surface area contributed by atoms with Crippen LogP contribution in [0.15, 0.2) is 39.5 Å². The summed E-state index contributed by atoms with van der Waals surface area (Å²) in [6.07, 6.45) is 0. The monoisotopic (exact) mass is 344 g/mol. The van der Waals surface area contributed by atoms with Gasteiger partial charge >= 0.3 is 0 Å². The topological polar surface area (TPSA) is 98.4 Å². The molecule has 1 heterocycles. The minimum absolute atomic E-state index is 0.00720. The van der Waals surface area contributed by atoms with E-state index in [1.807, 2.05) is 0 Å². The fraction of sp³-hybridized carbons (Fsp3) is 0.167. The van der Waals surface area contributed by atoms with E-state index in [-0.39, 0.29) is 45.5 Å². The normalized spacial score (nSPS) is 10.7. The molecule has 0 spiro atoms. The molecule has 7 heteroatoms. The van der Waals surface area contributed by atoms with Crippen molar-refractivity contribution in [3.8, 4) is 40.1 Å². The van der Waals surface area contributed by atoms with Gasteiger partial charge in [0.1, 0.15) is 11.5 Å². The SMILES string of the molecule is COc1cc(O)ccc1-c1oc2c(O)c(OC)ccc2c(=O)c1OC. The second-order valence-electron chi connectivity index (χ2n) is 5.17. The molecule has 3 aromatic rings. The van der Waals surface area contributed by atoms with Crippen LogP contribution in [-0.2, 0) is 0 Å². The zero-order valence-electron chi connectivity index (χ0n) is 13.8. The summed E-state index contributed by atoms with van der Waals surface area (Å²) in [6.45, 7) is 0. The molecule has 25 heavy (non-hydrogen) atoms. The third-order valence-electron chi connectivity index (χ3n) is 3.81. The molecule has 0 bridgehead atoms. The Labute approximate surface area is 142 Å². The second-order valence-corrected chi connectivity index (χ2v) is 5.17. The Balaban J connectivity index is 2.42. The second kappa shape index (κ2) is 6.27. The molecule has 0 aliphatic carbocycles. The number of hydrogen-bond donors (Lipinski definition) is 2. The summed E-state index contributed by atoms with van der Waals surface area (Å²) in [5.41, 5.74) is -0.0968. The van der Waals surface area contributed by atoms with Crippen molar-refractivity contribution in [3.63, 3.8) is 0 Å². The summed E-state index contributed by atoms with van der Waals surface area (Å²) in [6, 6.07) is 7.28. The van der Waals surface area contributed by atoms with E-state index < -0.39 is 5.43 Å². The van der Waals surface area contributed by atoms with E-state index in [1.54, 1.807) is 0 Å². The summed E-state index contributed by atoms with van der Waals surface area (Å²) in [4.78, 5) is 12.7. The third-order valence-corrected chi connectivity index (χ3v) is 3.81. The van der Waals surface area contributed by atoms with Crippen molar-refractivity contribution in [1.29, 1.82) is 0 Å². The predicted molar refractivity (Wildman–Crippen MR) is 90.9 cm³/mol. The predicted octanol–water partition coefficient (Wildman–Crippen LogP) is 2.90. The fourth-order valence-corrected chi connectivity index (χ4v) is 2.60. The van der Waals surface area contributed by atoms with Crippen LogP contribution in [0, 0.1) is 0 Å². The lowest BCUT2D eigenvalue weighted by molar-refractivity contribution is 0.368. The van der Waals surface area contributed by atoms with Gasteiger partial charge in [-0.05, 0) is 24.3 Å². The van der Waals surface area contributed by atoms with Crippen LogP contribution in [0.25, 0.3) is 22.3 Å². The van der Waals surface area contributed by atoms with Gasteiger partial charge in [0.15, 0.2) is 17.1 Å². The number of phenolic OH excluding ortho intramolecular Hbond substituents is 2. The van der Waals surface area contributed by atoms with Crippen LogP contribution >= 0.6 is 0 Å². The van der Waals surface area contributed by atoms with Gasteiger partial charge in [-0.1, -0.05) is 0 Å². The molecule has 2 aromatic carbocycles. The summed E-state index contributed by atoms with van der Waals surface area (Å²) in [7, 11) is 4.16. The van der Waals surface area contributed by atoms with Crippen LogP contribution in [0.3, 0.4) is 0 Å². The number of methoxy groups -OCH3 is 3. The number of rotatable bonds is 4. The number of phenols is 2. The van der Waals surface area contributed by atoms with Crippen LogP contribution < -0.4 is 19.6 Å². The van der Waals surface area contributed by atoms with Crippen molar-refractivity contribution in [1.82, 2.24) is 0 Å². The average molecular weight is 344 g/mol. The summed E-state index contributed by atoms with van der Waals surface area (Å²) < 4.78 is 21.3. The first-order valence-electron chi connectivity index (χ1n) is 7.30. The third kappa shape index (κ3) is 2.59. The zero-order chi connectivity index (χ0) is 18.1. The minimum atomic E-state index is -0.452. The van der Waals surface area contributed by atoms with Gasteiger partial charge in [-0.3, -0.25) is 4.79 Å². The summed E-state index contributed by atoms with van der Waals surface area (Å²) >= 11 is 0. The Kier molecular flexibility index (Phi) is 4.14. The van der Waals surface area contributed by atoms with Gasteiger partial charge in [-0.25, -0.2) is 0 Å². The molecule has 7 nitrogen and oxygen atoms in total. The molecule has 130 valence electrons. The Hall–Kier alpha value is -3.35. The van der Waals surface area contributed by atoms with Crippen LogP contribution in [-0.4, -0.2) is 31.5 Å². The van der Waals surface area contributed by atoms with Crippen molar-refractivity contribution in [2.75, 3.05) is 21.3 Å². The fourth-order valence-electron chi connectivity index (χ4n) is 2.60. The van der Waals surface area contributed by atoms with E-state index in [0.29, 0.717) is 5.56 Å². The molecule has 0 amide bonds. The van der Waals surface area contributed by atoms with E-state index in [4.69, 9.17) is 18.6 Å². The molecule has 0 radical (unpaired) electrons. The highest BCUT2D eigenvalue weighted by molar-refractivity contribution is 5.89. The smallest absolute Gasteiger partial charge is 0.235 e. The standard InChI is InChI=1S/C18H16O7/c1-22-12-7-6-11-14(20)18(24-3)17(25-16(11)15(12)21)10-5-4-9(19)8-13(10)23-2/h4-8,19,21H,1-3H3. The van der Waals surface area contributed by atoms with Gasteiger partial charge in [0, 0.05) is 6.07 Å². The van der Waals surface area contributed by atoms with E-state index in [0.717, 1.165) is 0 Å². The van der Waals surface area contributed by atoms with Gasteiger partial charge in [0.25, 0.3) is 0 Å². The highest BCUT2D eigenvalue weighted by Gasteiger charge is 2.22. The highest BCUT2D eigenvalue weighted by Crippen LogP contribution is 2.41. The molecule has 0 saturated carbocycles. The van der Waals surface area contributed by atoms with Crippen LogP contribution in [0.4, 0.5) is 0 Å². The molecule has 0 aliphatic heterocycles. The molecule has 0 saturated heterocycles. The molecule has 3 rings (SSSR count). The first-order valence-corrected chi connectivity index (χ1v) is 7.30. The Morgan fingerprint density at radius 3 is 2.28 bits per heavy atom. The maximum Gasteiger partial charge on any atom is 0.235 e. The number of ether oxygens (including phenoxy) is 3. The Bertz CT molecular complexity index is 1000. The number of hydrogen-bond acceptors (Lipinski definition) is 7. The summed E-state index contributed by atoms with van der Waals surface area (Å²) in [5.74, 6) is 0.181. The average Bonchev–Trinajstić information content (AvgIpc) is 2.62. The lowest BCUT2D eigenvalue weighted by Crippen LogP contribution is -2.08. The molecule has 0 atom stereocenters. The maximum absolute atomic E-state index is 12.7. The first-order chi connectivity index (χ1) is 12.0. The van der Waals surface area contributed by atoms with E-state index >= 15 is 0 Å². The van der Waals surface area contributed by atoms with E-state index in [9.17, 15) is 15.0 Å². The van der Waals surface area contributed by atoms with Crippen LogP contribution in [0.5, 0.6) is 28.7 Å². The van der Waals surface area contributed by atoms with Crippen molar-refractivity contribution < 1.29 is 28.8 Å². The van der Waals surface area contributed by atoms with E-state index in [1.165, 1.54) is 51.7 Å². The molecule has 0 fully saturated rings. The number of benzene rings is 2. The number of fused-ring (bicyclic) bond motifs is 1. The molecule has 0 unspecified atom stereocenters. The largest absolute Gasteiger partial charge is 0.508 e.